The zero-order valence-electron chi connectivity index (χ0n) is 12.1. The highest BCUT2D eigenvalue weighted by molar-refractivity contribution is 5.95. The van der Waals surface area contributed by atoms with Crippen molar-refractivity contribution in [3.05, 3.63) is 18.2 Å². The molecule has 0 spiro atoms. The van der Waals surface area contributed by atoms with E-state index in [-0.39, 0.29) is 11.3 Å². The molecular formula is C14H22N2O3. The molecule has 0 heterocycles. The molecule has 0 radical (unpaired) electrons. The van der Waals surface area contributed by atoms with Crippen LogP contribution < -0.4 is 20.5 Å². The third kappa shape index (κ3) is 3.86. The second-order valence-electron chi connectivity index (χ2n) is 5.40. The molecule has 1 atom stereocenters. The average molecular weight is 266 g/mol. The molecule has 106 valence electrons. The minimum atomic E-state index is -0.583. The molecule has 0 aromatic heterocycles. The van der Waals surface area contributed by atoms with Crippen molar-refractivity contribution in [3.8, 4) is 11.5 Å². The van der Waals surface area contributed by atoms with Gasteiger partial charge in [0.1, 0.15) is 0 Å². The van der Waals surface area contributed by atoms with Crippen molar-refractivity contribution in [2.45, 2.75) is 26.8 Å². The van der Waals surface area contributed by atoms with E-state index in [1.807, 2.05) is 20.8 Å². The summed E-state index contributed by atoms with van der Waals surface area (Å²) in [5.74, 6) is 0.949. The van der Waals surface area contributed by atoms with Gasteiger partial charge < -0.3 is 20.5 Å². The van der Waals surface area contributed by atoms with Crippen LogP contribution in [-0.2, 0) is 4.79 Å². The maximum atomic E-state index is 12.0. The highest BCUT2D eigenvalue weighted by Gasteiger charge is 2.27. The van der Waals surface area contributed by atoms with Crippen molar-refractivity contribution in [1.29, 1.82) is 0 Å². The summed E-state index contributed by atoms with van der Waals surface area (Å²) >= 11 is 0. The fourth-order valence-electron chi connectivity index (χ4n) is 1.53. The molecule has 1 aromatic rings. The summed E-state index contributed by atoms with van der Waals surface area (Å²) in [6.07, 6.45) is 0. The minimum Gasteiger partial charge on any atom is -0.493 e. The van der Waals surface area contributed by atoms with Gasteiger partial charge in [-0.05, 0) is 17.5 Å². The molecule has 0 aliphatic rings. The van der Waals surface area contributed by atoms with Crippen LogP contribution >= 0.6 is 0 Å². The Morgan fingerprint density at radius 1 is 1.21 bits per heavy atom. The van der Waals surface area contributed by atoms with E-state index in [4.69, 9.17) is 15.2 Å². The number of ether oxygens (including phenoxy) is 2. The molecule has 1 rings (SSSR count). The molecular weight excluding hydrogens is 244 g/mol. The van der Waals surface area contributed by atoms with E-state index < -0.39 is 6.04 Å². The lowest BCUT2D eigenvalue weighted by atomic mass is 9.87. The summed E-state index contributed by atoms with van der Waals surface area (Å²) in [5, 5.41) is 2.77. The molecule has 0 bridgehead atoms. The van der Waals surface area contributed by atoms with Crippen molar-refractivity contribution in [1.82, 2.24) is 0 Å². The van der Waals surface area contributed by atoms with Gasteiger partial charge in [0.05, 0.1) is 20.3 Å². The third-order valence-corrected chi connectivity index (χ3v) is 2.87. The first-order valence-corrected chi connectivity index (χ1v) is 6.08. The maximum Gasteiger partial charge on any atom is 0.241 e. The van der Waals surface area contributed by atoms with Crippen LogP contribution in [0.5, 0.6) is 11.5 Å². The number of carbonyl (C=O) groups is 1. The maximum absolute atomic E-state index is 12.0. The van der Waals surface area contributed by atoms with Gasteiger partial charge in [0.25, 0.3) is 0 Å². The van der Waals surface area contributed by atoms with E-state index in [2.05, 4.69) is 5.32 Å². The number of rotatable bonds is 4. The number of methoxy groups -OCH3 is 2. The Labute approximate surface area is 114 Å². The van der Waals surface area contributed by atoms with Gasteiger partial charge in [-0.25, -0.2) is 0 Å². The SMILES string of the molecule is COc1ccc(NC(=O)[C@@H](N)C(C)(C)C)cc1OC. The van der Waals surface area contributed by atoms with Crippen LogP contribution in [0.1, 0.15) is 20.8 Å². The van der Waals surface area contributed by atoms with Crippen LogP contribution in [0.3, 0.4) is 0 Å². The van der Waals surface area contributed by atoms with Gasteiger partial charge >= 0.3 is 0 Å². The van der Waals surface area contributed by atoms with E-state index in [1.165, 1.54) is 0 Å². The summed E-state index contributed by atoms with van der Waals surface area (Å²) in [6, 6.07) is 4.60. The number of hydrogen-bond acceptors (Lipinski definition) is 4. The first-order chi connectivity index (χ1) is 8.79. The molecule has 0 fully saturated rings. The lowest BCUT2D eigenvalue weighted by Gasteiger charge is -2.25. The van der Waals surface area contributed by atoms with Gasteiger partial charge in [0.2, 0.25) is 5.91 Å². The zero-order valence-corrected chi connectivity index (χ0v) is 12.1. The topological polar surface area (TPSA) is 73.6 Å². The van der Waals surface area contributed by atoms with Crippen molar-refractivity contribution in [2.75, 3.05) is 19.5 Å². The fourth-order valence-corrected chi connectivity index (χ4v) is 1.53. The molecule has 0 unspecified atom stereocenters. The van der Waals surface area contributed by atoms with Crippen molar-refractivity contribution in [2.24, 2.45) is 11.1 Å². The molecule has 5 heteroatoms. The summed E-state index contributed by atoms with van der Waals surface area (Å²) in [4.78, 5) is 12.0. The number of nitrogens with two attached hydrogens (primary N) is 1. The number of benzene rings is 1. The van der Waals surface area contributed by atoms with Crippen LogP contribution in [0.4, 0.5) is 5.69 Å². The van der Waals surface area contributed by atoms with Crippen molar-refractivity contribution in [3.63, 3.8) is 0 Å². The molecule has 3 N–H and O–H groups in total. The van der Waals surface area contributed by atoms with Crippen LogP contribution in [0, 0.1) is 5.41 Å². The Morgan fingerprint density at radius 2 is 1.79 bits per heavy atom. The van der Waals surface area contributed by atoms with Gasteiger partial charge in [0, 0.05) is 11.8 Å². The number of amides is 1. The number of hydrogen-bond donors (Lipinski definition) is 2. The van der Waals surface area contributed by atoms with Gasteiger partial charge in [-0.2, -0.15) is 0 Å². The molecule has 1 aromatic carbocycles. The Bertz CT molecular complexity index is 452. The number of nitrogens with one attached hydrogen (secondary N) is 1. The lowest BCUT2D eigenvalue weighted by molar-refractivity contribution is -0.119. The fraction of sp³-hybridized carbons (Fsp3) is 0.500. The van der Waals surface area contributed by atoms with E-state index in [0.29, 0.717) is 17.2 Å². The molecule has 1 amide bonds. The largest absolute Gasteiger partial charge is 0.493 e. The summed E-state index contributed by atoms with van der Waals surface area (Å²) in [5.41, 5.74) is 6.24. The highest BCUT2D eigenvalue weighted by Crippen LogP contribution is 2.30. The van der Waals surface area contributed by atoms with Crippen LogP contribution in [0.25, 0.3) is 0 Å². The van der Waals surface area contributed by atoms with Gasteiger partial charge in [-0.3, -0.25) is 4.79 Å². The smallest absolute Gasteiger partial charge is 0.241 e. The quantitative estimate of drug-likeness (QED) is 0.874. The van der Waals surface area contributed by atoms with Crippen molar-refractivity contribution >= 4 is 11.6 Å². The predicted octanol–water partition coefficient (Wildman–Crippen LogP) is 2.02. The molecule has 5 nitrogen and oxygen atoms in total. The second-order valence-corrected chi connectivity index (χ2v) is 5.40. The summed E-state index contributed by atoms with van der Waals surface area (Å²) in [7, 11) is 3.11. The van der Waals surface area contributed by atoms with Crippen molar-refractivity contribution < 1.29 is 14.3 Å². The summed E-state index contributed by atoms with van der Waals surface area (Å²) < 4.78 is 10.3. The lowest BCUT2D eigenvalue weighted by Crippen LogP contribution is -2.45. The van der Waals surface area contributed by atoms with E-state index in [1.54, 1.807) is 32.4 Å². The Kier molecular flexibility index (Phi) is 4.78. The van der Waals surface area contributed by atoms with Gasteiger partial charge in [-0.1, -0.05) is 20.8 Å². The monoisotopic (exact) mass is 266 g/mol. The minimum absolute atomic E-state index is 0.222. The van der Waals surface area contributed by atoms with Gasteiger partial charge in [0.15, 0.2) is 11.5 Å². The second kappa shape index (κ2) is 5.93. The molecule has 0 saturated heterocycles. The Hall–Kier alpha value is -1.75. The van der Waals surface area contributed by atoms with E-state index in [0.717, 1.165) is 0 Å². The Morgan fingerprint density at radius 3 is 2.26 bits per heavy atom. The van der Waals surface area contributed by atoms with Crippen LogP contribution in [-0.4, -0.2) is 26.2 Å². The third-order valence-electron chi connectivity index (χ3n) is 2.87. The first kappa shape index (κ1) is 15.3. The number of anilines is 1. The average Bonchev–Trinajstić information content (AvgIpc) is 2.36. The predicted molar refractivity (Wildman–Crippen MR) is 75.6 cm³/mol. The highest BCUT2D eigenvalue weighted by atomic mass is 16.5. The summed E-state index contributed by atoms with van der Waals surface area (Å²) in [6.45, 7) is 5.77. The molecule has 0 saturated carbocycles. The standard InChI is InChI=1S/C14H22N2O3/c1-14(2,3)12(15)13(17)16-9-6-7-10(18-4)11(8-9)19-5/h6-8,12H,15H2,1-5H3,(H,16,17)/t12-/m1/s1. The Balaban J connectivity index is 2.86. The van der Waals surface area contributed by atoms with Crippen LogP contribution in [0.2, 0.25) is 0 Å². The first-order valence-electron chi connectivity index (χ1n) is 6.08. The normalized spacial score (nSPS) is 12.7. The zero-order chi connectivity index (χ0) is 14.6. The van der Waals surface area contributed by atoms with Crippen LogP contribution in [0.15, 0.2) is 18.2 Å². The van der Waals surface area contributed by atoms with E-state index in [9.17, 15) is 4.79 Å². The van der Waals surface area contributed by atoms with E-state index >= 15 is 0 Å². The molecule has 0 aliphatic carbocycles. The van der Waals surface area contributed by atoms with Gasteiger partial charge in [-0.15, -0.1) is 0 Å². The number of carbonyl (C=O) groups excluding carboxylic acids is 1. The molecule has 0 aliphatic heterocycles. The molecule has 19 heavy (non-hydrogen) atoms.